The van der Waals surface area contributed by atoms with Crippen LogP contribution < -0.4 is 0 Å². The number of hydrogen-bond donors (Lipinski definition) is 1. The lowest BCUT2D eigenvalue weighted by Gasteiger charge is -1.94. The summed E-state index contributed by atoms with van der Waals surface area (Å²) in [6.45, 7) is 3.78. The molecule has 1 atom stereocenters. The second kappa shape index (κ2) is 3.09. The predicted octanol–water partition coefficient (Wildman–Crippen LogP) is 2.66. The van der Waals surface area contributed by atoms with Crippen LogP contribution in [0.2, 0.25) is 0 Å². The Kier molecular flexibility index (Phi) is 2.06. The summed E-state index contributed by atoms with van der Waals surface area (Å²) in [6, 6.07) is 6.08. The summed E-state index contributed by atoms with van der Waals surface area (Å²) in [4.78, 5) is 4.38. The van der Waals surface area contributed by atoms with Gasteiger partial charge in [0.1, 0.15) is 11.1 Å². The zero-order valence-corrected chi connectivity index (χ0v) is 8.43. The summed E-state index contributed by atoms with van der Waals surface area (Å²) in [7, 11) is 0. The van der Waals surface area contributed by atoms with Crippen LogP contribution in [0.3, 0.4) is 0 Å². The number of benzene rings is 1. The molecule has 2 nitrogen and oxygen atoms in total. The summed E-state index contributed by atoms with van der Waals surface area (Å²) in [5, 5.41) is 10.2. The van der Waals surface area contributed by atoms with Gasteiger partial charge in [-0.3, -0.25) is 0 Å². The molecule has 0 aliphatic rings. The highest BCUT2D eigenvalue weighted by molar-refractivity contribution is 7.18. The molecule has 1 N–H and O–H groups in total. The van der Waals surface area contributed by atoms with Crippen LogP contribution in [0.4, 0.5) is 0 Å². The summed E-state index contributed by atoms with van der Waals surface area (Å²) < 4.78 is 1.15. The minimum atomic E-state index is -0.461. The maximum absolute atomic E-state index is 9.36. The molecule has 1 aromatic carbocycles. The van der Waals surface area contributed by atoms with E-state index in [9.17, 15) is 5.11 Å². The van der Waals surface area contributed by atoms with E-state index in [0.29, 0.717) is 0 Å². The average molecular weight is 193 g/mol. The average Bonchev–Trinajstić information content (AvgIpc) is 2.49. The van der Waals surface area contributed by atoms with Crippen molar-refractivity contribution in [3.8, 4) is 0 Å². The number of aromatic nitrogens is 1. The number of para-hydroxylation sites is 1. The summed E-state index contributed by atoms with van der Waals surface area (Å²) in [6.07, 6.45) is -0.461. The van der Waals surface area contributed by atoms with Gasteiger partial charge in [-0.05, 0) is 25.5 Å². The Labute approximate surface area is 80.9 Å². The number of aryl methyl sites for hydroxylation is 1. The first-order valence-electron chi connectivity index (χ1n) is 4.22. The number of rotatable bonds is 1. The van der Waals surface area contributed by atoms with Crippen molar-refractivity contribution in [2.75, 3.05) is 0 Å². The molecule has 1 aromatic heterocycles. The van der Waals surface area contributed by atoms with Crippen LogP contribution in [0.15, 0.2) is 18.2 Å². The molecule has 0 spiro atoms. The Morgan fingerprint density at radius 2 is 2.23 bits per heavy atom. The molecule has 0 saturated heterocycles. The molecule has 0 aliphatic carbocycles. The van der Waals surface area contributed by atoms with E-state index in [4.69, 9.17) is 0 Å². The van der Waals surface area contributed by atoms with Gasteiger partial charge in [0.05, 0.1) is 10.2 Å². The van der Waals surface area contributed by atoms with Gasteiger partial charge in [-0.15, -0.1) is 11.3 Å². The highest BCUT2D eigenvalue weighted by Gasteiger charge is 2.08. The van der Waals surface area contributed by atoms with E-state index < -0.39 is 6.10 Å². The van der Waals surface area contributed by atoms with Crippen LogP contribution in [-0.2, 0) is 0 Å². The van der Waals surface area contributed by atoms with Gasteiger partial charge in [-0.25, -0.2) is 4.98 Å². The molecule has 0 fully saturated rings. The quantitative estimate of drug-likeness (QED) is 0.755. The number of fused-ring (bicyclic) bond motifs is 1. The second-order valence-corrected chi connectivity index (χ2v) is 4.21. The Hall–Kier alpha value is -0.930. The van der Waals surface area contributed by atoms with Crippen LogP contribution in [0.1, 0.15) is 23.6 Å². The van der Waals surface area contributed by atoms with Gasteiger partial charge in [0, 0.05) is 0 Å². The Bertz CT molecular complexity index is 433. The molecule has 0 aliphatic heterocycles. The molecule has 2 rings (SSSR count). The number of thiazole rings is 1. The molecule has 0 saturated carbocycles. The monoisotopic (exact) mass is 193 g/mol. The molecular weight excluding hydrogens is 182 g/mol. The summed E-state index contributed by atoms with van der Waals surface area (Å²) in [5.74, 6) is 0. The third-order valence-corrected chi connectivity index (χ3v) is 3.19. The maximum atomic E-state index is 9.36. The van der Waals surface area contributed by atoms with Gasteiger partial charge in [0.25, 0.3) is 0 Å². The van der Waals surface area contributed by atoms with Crippen molar-refractivity contribution in [2.45, 2.75) is 20.0 Å². The lowest BCUT2D eigenvalue weighted by atomic mass is 10.2. The lowest BCUT2D eigenvalue weighted by Crippen LogP contribution is -1.88. The van der Waals surface area contributed by atoms with Crippen molar-refractivity contribution in [3.63, 3.8) is 0 Å². The molecule has 0 radical (unpaired) electrons. The van der Waals surface area contributed by atoms with Crippen molar-refractivity contribution in [3.05, 3.63) is 28.8 Å². The number of aliphatic hydroxyl groups excluding tert-OH is 1. The van der Waals surface area contributed by atoms with Crippen molar-refractivity contribution in [1.82, 2.24) is 4.98 Å². The molecule has 0 amide bonds. The van der Waals surface area contributed by atoms with Crippen LogP contribution in [0.25, 0.3) is 10.2 Å². The molecule has 13 heavy (non-hydrogen) atoms. The Morgan fingerprint density at radius 3 is 2.85 bits per heavy atom. The number of aliphatic hydroxyl groups is 1. The van der Waals surface area contributed by atoms with Crippen LogP contribution >= 0.6 is 11.3 Å². The van der Waals surface area contributed by atoms with Crippen molar-refractivity contribution in [1.29, 1.82) is 0 Å². The zero-order chi connectivity index (χ0) is 9.42. The van der Waals surface area contributed by atoms with E-state index in [0.717, 1.165) is 15.2 Å². The minimum absolute atomic E-state index is 0.461. The molecule has 0 bridgehead atoms. The van der Waals surface area contributed by atoms with E-state index in [2.05, 4.69) is 4.98 Å². The van der Waals surface area contributed by atoms with Gasteiger partial charge in [0.15, 0.2) is 0 Å². The Morgan fingerprint density at radius 1 is 1.46 bits per heavy atom. The minimum Gasteiger partial charge on any atom is -0.386 e. The molecular formula is C10H11NOS. The Balaban J connectivity index is 2.68. The standard InChI is InChI=1S/C10H11NOS/c1-6-4-3-5-8-9(6)11-10(13-8)7(2)12/h3-5,7,12H,1-2H3. The predicted molar refractivity (Wildman–Crippen MR) is 55.0 cm³/mol. The second-order valence-electron chi connectivity index (χ2n) is 3.15. The summed E-state index contributed by atoms with van der Waals surface area (Å²) >= 11 is 1.56. The highest BCUT2D eigenvalue weighted by Crippen LogP contribution is 2.27. The van der Waals surface area contributed by atoms with E-state index in [1.54, 1.807) is 18.3 Å². The van der Waals surface area contributed by atoms with E-state index in [-0.39, 0.29) is 0 Å². The largest absolute Gasteiger partial charge is 0.386 e. The molecule has 2 aromatic rings. The molecule has 1 heterocycles. The van der Waals surface area contributed by atoms with Gasteiger partial charge in [0.2, 0.25) is 0 Å². The first kappa shape index (κ1) is 8.66. The smallest absolute Gasteiger partial charge is 0.122 e. The zero-order valence-electron chi connectivity index (χ0n) is 7.61. The normalized spacial score (nSPS) is 13.5. The van der Waals surface area contributed by atoms with E-state index >= 15 is 0 Å². The fraction of sp³-hybridized carbons (Fsp3) is 0.300. The first-order chi connectivity index (χ1) is 6.18. The fourth-order valence-corrected chi connectivity index (χ4v) is 2.26. The van der Waals surface area contributed by atoms with E-state index in [1.807, 2.05) is 25.1 Å². The third-order valence-electron chi connectivity index (χ3n) is 1.99. The topological polar surface area (TPSA) is 33.1 Å². The van der Waals surface area contributed by atoms with Crippen LogP contribution in [0.5, 0.6) is 0 Å². The van der Waals surface area contributed by atoms with Gasteiger partial charge < -0.3 is 5.11 Å². The lowest BCUT2D eigenvalue weighted by molar-refractivity contribution is 0.199. The van der Waals surface area contributed by atoms with Crippen molar-refractivity contribution >= 4 is 21.6 Å². The van der Waals surface area contributed by atoms with Gasteiger partial charge in [-0.2, -0.15) is 0 Å². The van der Waals surface area contributed by atoms with Gasteiger partial charge >= 0.3 is 0 Å². The summed E-state index contributed by atoms with van der Waals surface area (Å²) in [5.41, 5.74) is 2.18. The van der Waals surface area contributed by atoms with Crippen molar-refractivity contribution < 1.29 is 5.11 Å². The first-order valence-corrected chi connectivity index (χ1v) is 5.04. The number of nitrogens with zero attached hydrogens (tertiary/aromatic N) is 1. The highest BCUT2D eigenvalue weighted by atomic mass is 32.1. The molecule has 1 unspecified atom stereocenters. The van der Waals surface area contributed by atoms with Crippen molar-refractivity contribution in [2.24, 2.45) is 0 Å². The SMILES string of the molecule is Cc1cccc2sc(C(C)O)nc12. The third kappa shape index (κ3) is 1.45. The van der Waals surface area contributed by atoms with E-state index in [1.165, 1.54) is 5.56 Å². The fourth-order valence-electron chi connectivity index (χ4n) is 1.28. The van der Waals surface area contributed by atoms with Crippen LogP contribution in [-0.4, -0.2) is 10.1 Å². The maximum Gasteiger partial charge on any atom is 0.122 e. The van der Waals surface area contributed by atoms with Gasteiger partial charge in [-0.1, -0.05) is 12.1 Å². The number of hydrogen-bond acceptors (Lipinski definition) is 3. The van der Waals surface area contributed by atoms with Crippen LogP contribution in [0, 0.1) is 6.92 Å². The molecule has 3 heteroatoms. The molecule has 68 valence electrons.